The zero-order valence-corrected chi connectivity index (χ0v) is 19.6. The van der Waals surface area contributed by atoms with E-state index in [0.717, 1.165) is 56.5 Å². The Morgan fingerprint density at radius 3 is 1.94 bits per heavy atom. The van der Waals surface area contributed by atoms with Crippen LogP contribution in [0.3, 0.4) is 0 Å². The van der Waals surface area contributed by atoms with Gasteiger partial charge >= 0.3 is 0 Å². The minimum atomic E-state index is 0.000864. The van der Waals surface area contributed by atoms with Crippen LogP contribution in [0.2, 0.25) is 0 Å². The van der Waals surface area contributed by atoms with Crippen LogP contribution in [0.25, 0.3) is 6.08 Å². The summed E-state index contributed by atoms with van der Waals surface area (Å²) in [5.41, 5.74) is 0.885. The van der Waals surface area contributed by atoms with E-state index in [1.807, 2.05) is 29.2 Å². The van der Waals surface area contributed by atoms with Crippen LogP contribution < -0.4 is 19.3 Å². The molecule has 0 saturated carbocycles. The van der Waals surface area contributed by atoms with Crippen LogP contribution in [0.4, 0.5) is 11.6 Å². The van der Waals surface area contributed by atoms with E-state index < -0.39 is 0 Å². The van der Waals surface area contributed by atoms with Crippen LogP contribution in [0, 0.1) is 0 Å². The standard InChI is InChI=1S/C24H32N6O3/c1-27-10-12-28(13-11-27)22-7-8-23(26-25-22)29-14-16-30(17-15-29)24(31)9-5-19-4-6-20(32-2)21(18-19)33-3/h4-9,18H,10-17H2,1-3H3/b9-5+. The number of aromatic nitrogens is 2. The Morgan fingerprint density at radius 1 is 0.818 bits per heavy atom. The monoisotopic (exact) mass is 452 g/mol. The molecule has 2 fully saturated rings. The highest BCUT2D eigenvalue weighted by molar-refractivity contribution is 5.92. The Labute approximate surface area is 195 Å². The second-order valence-electron chi connectivity index (χ2n) is 8.30. The number of hydrogen-bond donors (Lipinski definition) is 0. The maximum absolute atomic E-state index is 12.7. The first-order chi connectivity index (χ1) is 16.1. The van der Waals surface area contributed by atoms with Crippen molar-refractivity contribution in [2.75, 3.05) is 83.4 Å². The van der Waals surface area contributed by atoms with Gasteiger partial charge in [0.15, 0.2) is 23.1 Å². The largest absolute Gasteiger partial charge is 0.493 e. The molecule has 1 aromatic heterocycles. The van der Waals surface area contributed by atoms with Crippen molar-refractivity contribution in [2.45, 2.75) is 0 Å². The summed E-state index contributed by atoms with van der Waals surface area (Å²) in [6.07, 6.45) is 3.42. The summed E-state index contributed by atoms with van der Waals surface area (Å²) >= 11 is 0. The maximum Gasteiger partial charge on any atom is 0.246 e. The van der Waals surface area contributed by atoms with E-state index in [2.05, 4.69) is 38.0 Å². The maximum atomic E-state index is 12.7. The number of rotatable bonds is 6. The Bertz CT molecular complexity index is 965. The van der Waals surface area contributed by atoms with Gasteiger partial charge in [-0.1, -0.05) is 6.07 Å². The fraction of sp³-hybridized carbons (Fsp3) is 0.458. The molecule has 0 aliphatic carbocycles. The molecule has 3 heterocycles. The van der Waals surface area contributed by atoms with E-state index in [4.69, 9.17) is 9.47 Å². The van der Waals surface area contributed by atoms with Crippen molar-refractivity contribution < 1.29 is 14.3 Å². The lowest BCUT2D eigenvalue weighted by atomic mass is 10.2. The van der Waals surface area contributed by atoms with Crippen LogP contribution in [-0.2, 0) is 4.79 Å². The van der Waals surface area contributed by atoms with Crippen LogP contribution in [0.5, 0.6) is 11.5 Å². The lowest BCUT2D eigenvalue weighted by Gasteiger charge is -2.35. The highest BCUT2D eigenvalue weighted by Gasteiger charge is 2.22. The lowest BCUT2D eigenvalue weighted by Crippen LogP contribution is -2.48. The third kappa shape index (κ3) is 5.54. The van der Waals surface area contributed by atoms with Crippen LogP contribution in [0.1, 0.15) is 5.56 Å². The zero-order valence-electron chi connectivity index (χ0n) is 19.6. The molecule has 0 unspecified atom stereocenters. The molecule has 2 aliphatic rings. The molecule has 9 heteroatoms. The van der Waals surface area contributed by atoms with Gasteiger partial charge in [-0.25, -0.2) is 0 Å². The summed E-state index contributed by atoms with van der Waals surface area (Å²) in [6.45, 7) is 6.80. The summed E-state index contributed by atoms with van der Waals surface area (Å²) in [4.78, 5) is 21.3. The van der Waals surface area contributed by atoms with Crippen molar-refractivity contribution in [3.8, 4) is 11.5 Å². The number of piperazine rings is 2. The van der Waals surface area contributed by atoms with Crippen molar-refractivity contribution >= 4 is 23.6 Å². The fourth-order valence-electron chi connectivity index (χ4n) is 4.08. The smallest absolute Gasteiger partial charge is 0.246 e. The van der Waals surface area contributed by atoms with Gasteiger partial charge in [-0.3, -0.25) is 4.79 Å². The van der Waals surface area contributed by atoms with Gasteiger partial charge in [-0.15, -0.1) is 10.2 Å². The predicted octanol–water partition coefficient (Wildman–Crippen LogP) is 1.61. The molecule has 0 spiro atoms. The van der Waals surface area contributed by atoms with Gasteiger partial charge in [0.2, 0.25) is 5.91 Å². The summed E-state index contributed by atoms with van der Waals surface area (Å²) in [7, 11) is 5.34. The molecule has 0 atom stereocenters. The topological polar surface area (TPSA) is 74.3 Å². The first-order valence-electron chi connectivity index (χ1n) is 11.3. The second-order valence-corrected chi connectivity index (χ2v) is 8.30. The molecule has 33 heavy (non-hydrogen) atoms. The number of ether oxygens (including phenoxy) is 2. The number of amides is 1. The molecule has 1 amide bonds. The number of carbonyl (C=O) groups is 1. The molecular formula is C24H32N6O3. The third-order valence-electron chi connectivity index (χ3n) is 6.20. The highest BCUT2D eigenvalue weighted by Crippen LogP contribution is 2.28. The van der Waals surface area contributed by atoms with E-state index in [0.29, 0.717) is 24.6 Å². The lowest BCUT2D eigenvalue weighted by molar-refractivity contribution is -0.126. The van der Waals surface area contributed by atoms with Crippen molar-refractivity contribution in [1.29, 1.82) is 0 Å². The number of likely N-dealkylation sites (N-methyl/N-ethyl adjacent to an activating group) is 1. The fourth-order valence-corrected chi connectivity index (χ4v) is 4.08. The number of carbonyl (C=O) groups excluding carboxylic acids is 1. The first-order valence-corrected chi connectivity index (χ1v) is 11.3. The average Bonchev–Trinajstić information content (AvgIpc) is 2.87. The normalized spacial score (nSPS) is 17.5. The van der Waals surface area contributed by atoms with Gasteiger partial charge in [0, 0.05) is 58.4 Å². The molecule has 9 nitrogen and oxygen atoms in total. The van der Waals surface area contributed by atoms with Crippen LogP contribution in [0.15, 0.2) is 36.4 Å². The van der Waals surface area contributed by atoms with Crippen molar-refractivity contribution in [3.63, 3.8) is 0 Å². The van der Waals surface area contributed by atoms with Crippen molar-refractivity contribution in [1.82, 2.24) is 20.0 Å². The molecule has 1 aromatic carbocycles. The van der Waals surface area contributed by atoms with E-state index in [-0.39, 0.29) is 5.91 Å². The number of hydrogen-bond acceptors (Lipinski definition) is 8. The predicted molar refractivity (Wildman–Crippen MR) is 129 cm³/mol. The summed E-state index contributed by atoms with van der Waals surface area (Å²) in [5.74, 6) is 3.10. The SMILES string of the molecule is COc1ccc(/C=C/C(=O)N2CCN(c3ccc(N4CCN(C)CC4)nn3)CC2)cc1OC. The minimum absolute atomic E-state index is 0.000864. The van der Waals surface area contributed by atoms with E-state index in [1.54, 1.807) is 26.4 Å². The van der Waals surface area contributed by atoms with Gasteiger partial charge in [0.25, 0.3) is 0 Å². The Morgan fingerprint density at radius 2 is 1.39 bits per heavy atom. The molecule has 2 aliphatic heterocycles. The van der Waals surface area contributed by atoms with E-state index in [9.17, 15) is 4.79 Å². The molecule has 0 N–H and O–H groups in total. The average molecular weight is 453 g/mol. The highest BCUT2D eigenvalue weighted by atomic mass is 16.5. The Hall–Kier alpha value is -3.33. The van der Waals surface area contributed by atoms with Crippen molar-refractivity contribution in [2.24, 2.45) is 0 Å². The number of anilines is 2. The first kappa shape index (κ1) is 22.8. The molecule has 2 saturated heterocycles. The number of nitrogens with zero attached hydrogens (tertiary/aromatic N) is 6. The van der Waals surface area contributed by atoms with Crippen LogP contribution >= 0.6 is 0 Å². The van der Waals surface area contributed by atoms with E-state index >= 15 is 0 Å². The van der Waals surface area contributed by atoms with Gasteiger partial charge in [-0.05, 0) is 43.0 Å². The quantitative estimate of drug-likeness (QED) is 0.612. The third-order valence-corrected chi connectivity index (χ3v) is 6.20. The minimum Gasteiger partial charge on any atom is -0.493 e. The molecule has 0 bridgehead atoms. The molecule has 2 aromatic rings. The number of methoxy groups -OCH3 is 2. The van der Waals surface area contributed by atoms with Gasteiger partial charge in [-0.2, -0.15) is 0 Å². The van der Waals surface area contributed by atoms with Gasteiger partial charge in [0.1, 0.15) is 0 Å². The molecular weight excluding hydrogens is 420 g/mol. The van der Waals surface area contributed by atoms with E-state index in [1.165, 1.54) is 0 Å². The van der Waals surface area contributed by atoms with Gasteiger partial charge < -0.3 is 29.1 Å². The molecule has 0 radical (unpaired) electrons. The molecule has 176 valence electrons. The summed E-state index contributed by atoms with van der Waals surface area (Å²) in [5, 5.41) is 8.91. The summed E-state index contributed by atoms with van der Waals surface area (Å²) in [6, 6.07) is 9.67. The Kier molecular flexibility index (Phi) is 7.29. The van der Waals surface area contributed by atoms with Gasteiger partial charge in [0.05, 0.1) is 14.2 Å². The zero-order chi connectivity index (χ0) is 23.2. The van der Waals surface area contributed by atoms with Crippen molar-refractivity contribution in [3.05, 3.63) is 42.0 Å². The Balaban J connectivity index is 1.29. The molecule has 4 rings (SSSR count). The second kappa shape index (κ2) is 10.5. The van der Waals surface area contributed by atoms with Crippen LogP contribution in [-0.4, -0.2) is 99.5 Å². The number of benzene rings is 1. The summed E-state index contributed by atoms with van der Waals surface area (Å²) < 4.78 is 10.6.